The predicted octanol–water partition coefficient (Wildman–Crippen LogP) is 6.39. The third kappa shape index (κ3) is 6.69. The molecule has 1 saturated heterocycles. The molecule has 39 heavy (non-hydrogen) atoms. The van der Waals surface area contributed by atoms with Crippen molar-refractivity contribution in [1.29, 1.82) is 0 Å². The number of piperidine rings is 1. The van der Waals surface area contributed by atoms with Gasteiger partial charge < -0.3 is 15.0 Å². The van der Waals surface area contributed by atoms with Crippen molar-refractivity contribution >= 4 is 34.9 Å². The predicted molar refractivity (Wildman–Crippen MR) is 157 cm³/mol. The number of carbonyl (C=O) groups is 2. The van der Waals surface area contributed by atoms with Gasteiger partial charge in [0, 0.05) is 35.8 Å². The average Bonchev–Trinajstić information content (AvgIpc) is 3.50. The third-order valence-electron chi connectivity index (χ3n) is 6.87. The van der Waals surface area contributed by atoms with Crippen LogP contribution < -0.4 is 10.1 Å². The number of nitrogens with one attached hydrogen (secondary N) is 1. The number of thioether (sulfide) groups is 1. The van der Waals surface area contributed by atoms with Crippen LogP contribution >= 0.6 is 23.1 Å². The molecule has 0 atom stereocenters. The highest BCUT2D eigenvalue weighted by Gasteiger charge is 2.28. The number of likely N-dealkylation sites (tertiary alicyclic amines) is 1. The number of ether oxygens (including phenoxy) is 1. The highest BCUT2D eigenvalue weighted by Crippen LogP contribution is 2.32. The molecule has 1 aliphatic rings. The number of hydrogen-bond donors (Lipinski definition) is 1. The molecule has 3 aromatic carbocycles. The second-order valence-electron chi connectivity index (χ2n) is 9.40. The quantitative estimate of drug-likeness (QED) is 0.241. The Balaban J connectivity index is 1.15. The molecule has 0 spiro atoms. The minimum Gasteiger partial charge on any atom is -0.488 e. The van der Waals surface area contributed by atoms with Gasteiger partial charge in [-0.1, -0.05) is 60.7 Å². The van der Waals surface area contributed by atoms with Crippen LogP contribution in [0, 0.1) is 0 Å². The van der Waals surface area contributed by atoms with Crippen molar-refractivity contribution in [3.63, 3.8) is 0 Å². The highest BCUT2D eigenvalue weighted by molar-refractivity contribution is 7.98. The molecule has 8 heteroatoms. The minimum absolute atomic E-state index is 0.0122. The Morgan fingerprint density at radius 2 is 1.72 bits per heavy atom. The zero-order valence-corrected chi connectivity index (χ0v) is 23.5. The lowest BCUT2D eigenvalue weighted by Crippen LogP contribution is -2.38. The van der Waals surface area contributed by atoms with Crippen LogP contribution in [0.3, 0.4) is 0 Å². The van der Waals surface area contributed by atoms with Crippen LogP contribution in [-0.2, 0) is 13.2 Å². The third-order valence-corrected chi connectivity index (χ3v) is 8.72. The SMILES string of the molecule is CSc1ccccc1CNC(=O)c1csc(C2CCN(C(=O)c3ccccc3OCc3ccccc3)CC2)n1. The Morgan fingerprint density at radius 3 is 2.51 bits per heavy atom. The number of benzene rings is 3. The zero-order valence-electron chi connectivity index (χ0n) is 21.8. The van der Waals surface area contributed by atoms with Gasteiger partial charge in [-0.2, -0.15) is 0 Å². The summed E-state index contributed by atoms with van der Waals surface area (Å²) in [5.74, 6) is 0.668. The first-order valence-corrected chi connectivity index (χ1v) is 15.1. The van der Waals surface area contributed by atoms with Crippen LogP contribution in [0.4, 0.5) is 0 Å². The van der Waals surface area contributed by atoms with Gasteiger partial charge in [0.05, 0.1) is 10.6 Å². The Morgan fingerprint density at radius 1 is 1.00 bits per heavy atom. The van der Waals surface area contributed by atoms with E-state index in [0.717, 1.165) is 33.9 Å². The van der Waals surface area contributed by atoms with Crippen molar-refractivity contribution in [2.24, 2.45) is 0 Å². The molecule has 0 saturated carbocycles. The number of hydrogen-bond acceptors (Lipinski definition) is 6. The summed E-state index contributed by atoms with van der Waals surface area (Å²) >= 11 is 3.20. The number of para-hydroxylation sites is 1. The number of amides is 2. The molecule has 2 amide bonds. The molecule has 5 rings (SSSR count). The van der Waals surface area contributed by atoms with Gasteiger partial charge in [0.2, 0.25) is 0 Å². The van der Waals surface area contributed by atoms with Crippen molar-refractivity contribution in [1.82, 2.24) is 15.2 Å². The lowest BCUT2D eigenvalue weighted by molar-refractivity contribution is 0.0708. The Labute approximate surface area is 237 Å². The maximum atomic E-state index is 13.4. The van der Waals surface area contributed by atoms with E-state index < -0.39 is 0 Å². The first kappa shape index (κ1) is 27.0. The second-order valence-corrected chi connectivity index (χ2v) is 11.1. The molecule has 1 aliphatic heterocycles. The van der Waals surface area contributed by atoms with Gasteiger partial charge in [-0.3, -0.25) is 9.59 Å². The smallest absolute Gasteiger partial charge is 0.271 e. The van der Waals surface area contributed by atoms with Crippen LogP contribution in [-0.4, -0.2) is 41.0 Å². The van der Waals surface area contributed by atoms with Crippen LogP contribution in [0.1, 0.15) is 55.7 Å². The fraction of sp³-hybridized carbons (Fsp3) is 0.258. The Bertz CT molecular complexity index is 1420. The highest BCUT2D eigenvalue weighted by atomic mass is 32.2. The van der Waals surface area contributed by atoms with Crippen molar-refractivity contribution in [2.75, 3.05) is 19.3 Å². The summed E-state index contributed by atoms with van der Waals surface area (Å²) in [4.78, 5) is 33.8. The van der Waals surface area contributed by atoms with E-state index in [2.05, 4.69) is 16.4 Å². The van der Waals surface area contributed by atoms with E-state index >= 15 is 0 Å². The van der Waals surface area contributed by atoms with E-state index in [0.29, 0.717) is 43.2 Å². The van der Waals surface area contributed by atoms with Gasteiger partial charge in [-0.05, 0) is 48.4 Å². The van der Waals surface area contributed by atoms with Gasteiger partial charge >= 0.3 is 0 Å². The molecule has 4 aromatic rings. The van der Waals surface area contributed by atoms with Crippen molar-refractivity contribution in [3.8, 4) is 5.75 Å². The van der Waals surface area contributed by atoms with Crippen molar-refractivity contribution < 1.29 is 14.3 Å². The summed E-state index contributed by atoms with van der Waals surface area (Å²) < 4.78 is 6.02. The maximum absolute atomic E-state index is 13.4. The van der Waals surface area contributed by atoms with Gasteiger partial charge in [-0.25, -0.2) is 4.98 Å². The zero-order chi connectivity index (χ0) is 27.0. The van der Waals surface area contributed by atoms with E-state index in [9.17, 15) is 9.59 Å². The van der Waals surface area contributed by atoms with Crippen LogP contribution in [0.2, 0.25) is 0 Å². The van der Waals surface area contributed by atoms with Gasteiger partial charge in [-0.15, -0.1) is 23.1 Å². The van der Waals surface area contributed by atoms with Gasteiger partial charge in [0.15, 0.2) is 0 Å². The van der Waals surface area contributed by atoms with Crippen molar-refractivity contribution in [2.45, 2.75) is 36.8 Å². The molecule has 1 N–H and O–H groups in total. The molecular formula is C31H31N3O3S2. The normalized spacial score (nSPS) is 13.7. The van der Waals surface area contributed by atoms with E-state index in [-0.39, 0.29) is 17.7 Å². The lowest BCUT2D eigenvalue weighted by atomic mass is 9.97. The molecule has 2 heterocycles. The molecule has 0 bridgehead atoms. The fourth-order valence-corrected chi connectivity index (χ4v) is 6.29. The summed E-state index contributed by atoms with van der Waals surface area (Å²) in [5, 5.41) is 5.80. The topological polar surface area (TPSA) is 71.5 Å². The van der Waals surface area contributed by atoms with E-state index in [1.807, 2.05) is 89.3 Å². The van der Waals surface area contributed by atoms with Gasteiger partial charge in [0.25, 0.3) is 11.8 Å². The number of nitrogens with zero attached hydrogens (tertiary/aromatic N) is 2. The van der Waals surface area contributed by atoms with Gasteiger partial charge in [0.1, 0.15) is 18.1 Å². The number of carbonyl (C=O) groups excluding carboxylic acids is 2. The summed E-state index contributed by atoms with van der Waals surface area (Å²) in [6, 6.07) is 25.5. The molecule has 200 valence electrons. The second kappa shape index (κ2) is 13.0. The molecule has 6 nitrogen and oxygen atoms in total. The Hall–Kier alpha value is -3.62. The Kier molecular flexibility index (Phi) is 8.96. The maximum Gasteiger partial charge on any atom is 0.271 e. The number of aromatic nitrogens is 1. The number of thiazole rings is 1. The number of rotatable bonds is 9. The van der Waals surface area contributed by atoms with Crippen LogP contribution in [0.25, 0.3) is 0 Å². The van der Waals surface area contributed by atoms with E-state index in [1.165, 1.54) is 11.3 Å². The fourth-order valence-electron chi connectivity index (χ4n) is 4.70. The minimum atomic E-state index is -0.159. The largest absolute Gasteiger partial charge is 0.488 e. The lowest BCUT2D eigenvalue weighted by Gasteiger charge is -2.31. The molecule has 0 aliphatic carbocycles. The summed E-state index contributed by atoms with van der Waals surface area (Å²) in [6.07, 6.45) is 3.66. The average molecular weight is 558 g/mol. The molecule has 1 aromatic heterocycles. The summed E-state index contributed by atoms with van der Waals surface area (Å²) in [5.41, 5.74) is 3.20. The first-order chi connectivity index (χ1) is 19.1. The standard InChI is InChI=1S/C31H31N3O3S2/c1-38-28-14-8-5-11-24(28)19-32-29(35)26-21-39-30(33-26)23-15-17-34(18-16-23)31(36)25-12-6-7-13-27(25)37-20-22-9-3-2-4-10-22/h2-14,21,23H,15-20H2,1H3,(H,32,35). The van der Waals surface area contributed by atoms with E-state index in [1.54, 1.807) is 11.8 Å². The molecule has 1 fully saturated rings. The van der Waals surface area contributed by atoms with E-state index in [4.69, 9.17) is 4.74 Å². The molecular weight excluding hydrogens is 526 g/mol. The first-order valence-electron chi connectivity index (χ1n) is 13.0. The van der Waals surface area contributed by atoms with Crippen LogP contribution in [0.15, 0.2) is 89.1 Å². The monoisotopic (exact) mass is 557 g/mol. The van der Waals surface area contributed by atoms with Crippen molar-refractivity contribution in [3.05, 3.63) is 112 Å². The summed E-state index contributed by atoms with van der Waals surface area (Å²) in [6.45, 7) is 2.17. The molecule has 0 radical (unpaired) electrons. The molecule has 0 unspecified atom stereocenters. The van der Waals surface area contributed by atoms with Crippen LogP contribution in [0.5, 0.6) is 5.75 Å². The summed E-state index contributed by atoms with van der Waals surface area (Å²) in [7, 11) is 0.